The van der Waals surface area contributed by atoms with Crippen LogP contribution < -0.4 is 0 Å². The smallest absolute Gasteiger partial charge is 0.436 e. The fraction of sp³-hybridized carbons (Fsp3) is 0.545. The highest BCUT2D eigenvalue weighted by Gasteiger charge is 2.53. The van der Waals surface area contributed by atoms with Crippen LogP contribution in [0, 0.1) is 5.92 Å². The molecule has 180 valence electrons. The monoisotopic (exact) mass is 463 g/mol. The number of piperazine rings is 1. The number of carbonyl (C=O) groups is 4. The number of aliphatic carboxylic acids is 1. The van der Waals surface area contributed by atoms with Gasteiger partial charge in [0.05, 0.1) is 19.6 Å². The van der Waals surface area contributed by atoms with Gasteiger partial charge in [0.2, 0.25) is 5.91 Å². The van der Waals surface area contributed by atoms with Crippen molar-refractivity contribution in [1.29, 1.82) is 0 Å². The summed E-state index contributed by atoms with van der Waals surface area (Å²) in [6.07, 6.45) is -3.43. The Bertz CT molecular complexity index is 878. The van der Waals surface area contributed by atoms with Gasteiger partial charge in [-0.3, -0.25) is 19.2 Å². The summed E-state index contributed by atoms with van der Waals surface area (Å²) in [5.41, 5.74) is 0.732. The Labute approximate surface area is 191 Å². The number of carboxylic acids is 1. The van der Waals surface area contributed by atoms with Gasteiger partial charge in [0.25, 0.3) is 5.91 Å². The number of hydrogen-bond donors (Lipinski definition) is 2. The van der Waals surface area contributed by atoms with Crippen molar-refractivity contribution in [1.82, 2.24) is 14.9 Å². The van der Waals surface area contributed by atoms with Crippen molar-refractivity contribution >= 4 is 23.9 Å². The fourth-order valence-corrected chi connectivity index (χ4v) is 3.84. The minimum Gasteiger partial charge on any atom is -0.481 e. The minimum atomic E-state index is -1.46. The van der Waals surface area contributed by atoms with Crippen LogP contribution in [0.25, 0.3) is 0 Å². The van der Waals surface area contributed by atoms with E-state index in [9.17, 15) is 29.4 Å². The summed E-state index contributed by atoms with van der Waals surface area (Å²) in [7, 11) is 0. The number of amides is 3. The Morgan fingerprint density at radius 2 is 1.88 bits per heavy atom. The highest BCUT2D eigenvalue weighted by molar-refractivity contribution is 5.94. The van der Waals surface area contributed by atoms with Crippen molar-refractivity contribution in [3.8, 4) is 0 Å². The zero-order valence-electron chi connectivity index (χ0n) is 18.6. The third kappa shape index (κ3) is 5.60. The predicted octanol–water partition coefficient (Wildman–Crippen LogP) is 0.818. The van der Waals surface area contributed by atoms with Gasteiger partial charge in [-0.05, 0) is 17.9 Å². The Balaban J connectivity index is 1.88. The molecule has 2 fully saturated rings. The van der Waals surface area contributed by atoms with E-state index in [1.165, 1.54) is 4.90 Å². The number of aliphatic hydroxyl groups excluding tert-OH is 1. The molecule has 0 aromatic heterocycles. The van der Waals surface area contributed by atoms with Crippen LogP contribution in [0.3, 0.4) is 0 Å². The van der Waals surface area contributed by atoms with Crippen LogP contribution in [-0.4, -0.2) is 87.0 Å². The van der Waals surface area contributed by atoms with E-state index in [2.05, 4.69) is 0 Å². The molecule has 1 aromatic carbocycles. The number of benzene rings is 1. The molecule has 3 rings (SSSR count). The molecule has 3 atom stereocenters. The largest absolute Gasteiger partial charge is 0.481 e. The zero-order chi connectivity index (χ0) is 24.1. The Morgan fingerprint density at radius 3 is 2.48 bits per heavy atom. The van der Waals surface area contributed by atoms with Crippen LogP contribution in [-0.2, 0) is 30.6 Å². The van der Waals surface area contributed by atoms with E-state index in [-0.39, 0.29) is 19.1 Å². The topological polar surface area (TPSA) is 137 Å². The lowest BCUT2D eigenvalue weighted by Gasteiger charge is -2.52. The van der Waals surface area contributed by atoms with E-state index >= 15 is 0 Å². The molecule has 2 saturated heterocycles. The van der Waals surface area contributed by atoms with E-state index in [1.54, 1.807) is 24.3 Å². The molecule has 0 saturated carbocycles. The van der Waals surface area contributed by atoms with Gasteiger partial charge < -0.3 is 24.7 Å². The number of fused-ring (bicyclic) bond motifs is 1. The van der Waals surface area contributed by atoms with Gasteiger partial charge in [-0.25, -0.2) is 4.79 Å². The number of hydroxylamine groups is 2. The second-order valence-corrected chi connectivity index (χ2v) is 8.45. The lowest BCUT2D eigenvalue weighted by molar-refractivity contribution is -0.271. The van der Waals surface area contributed by atoms with E-state index in [4.69, 9.17) is 9.57 Å². The SMILES string of the molecule is CC(C)CCN1CC2N(C(=O)OCc3ccccc3)O[C@H](CO)C(=O)N2[C@@H](CC(=O)O)C1=O. The summed E-state index contributed by atoms with van der Waals surface area (Å²) in [5, 5.41) is 19.8. The van der Waals surface area contributed by atoms with Crippen molar-refractivity contribution in [2.45, 2.75) is 51.6 Å². The summed E-state index contributed by atoms with van der Waals surface area (Å²) < 4.78 is 5.34. The first-order chi connectivity index (χ1) is 15.7. The van der Waals surface area contributed by atoms with Gasteiger partial charge in [-0.1, -0.05) is 44.2 Å². The first-order valence-electron chi connectivity index (χ1n) is 10.8. The first kappa shape index (κ1) is 24.5. The molecule has 11 nitrogen and oxygen atoms in total. The van der Waals surface area contributed by atoms with Crippen LogP contribution in [0.5, 0.6) is 0 Å². The minimum absolute atomic E-state index is 0.0570. The molecule has 0 spiro atoms. The van der Waals surface area contributed by atoms with Crippen molar-refractivity contribution in [2.24, 2.45) is 5.92 Å². The molecular formula is C22H29N3O8. The van der Waals surface area contributed by atoms with Crippen molar-refractivity contribution in [2.75, 3.05) is 19.7 Å². The number of nitrogens with zero attached hydrogens (tertiary/aromatic N) is 3. The Hall–Kier alpha value is -3.18. The molecule has 2 aliphatic heterocycles. The van der Waals surface area contributed by atoms with E-state index in [0.29, 0.717) is 13.0 Å². The third-order valence-corrected chi connectivity index (χ3v) is 5.57. The Morgan fingerprint density at radius 1 is 1.18 bits per heavy atom. The number of ether oxygens (including phenoxy) is 1. The van der Waals surface area contributed by atoms with E-state index in [0.717, 1.165) is 15.5 Å². The van der Waals surface area contributed by atoms with Gasteiger partial charge in [-0.2, -0.15) is 5.06 Å². The molecule has 0 aliphatic carbocycles. The van der Waals surface area contributed by atoms with Gasteiger partial charge in [0, 0.05) is 6.54 Å². The zero-order valence-corrected chi connectivity index (χ0v) is 18.6. The molecule has 0 radical (unpaired) electrons. The summed E-state index contributed by atoms with van der Waals surface area (Å²) in [5.74, 6) is -2.25. The predicted molar refractivity (Wildman–Crippen MR) is 113 cm³/mol. The number of carboxylic acid groups (broad SMARTS) is 1. The molecule has 2 heterocycles. The van der Waals surface area contributed by atoms with Crippen LogP contribution in [0.1, 0.15) is 32.3 Å². The van der Waals surface area contributed by atoms with Crippen LogP contribution in [0.15, 0.2) is 30.3 Å². The quantitative estimate of drug-likeness (QED) is 0.578. The fourth-order valence-electron chi connectivity index (χ4n) is 3.84. The average molecular weight is 463 g/mol. The molecule has 1 unspecified atom stereocenters. The summed E-state index contributed by atoms with van der Waals surface area (Å²) in [6, 6.07) is 7.61. The summed E-state index contributed by atoms with van der Waals surface area (Å²) >= 11 is 0. The van der Waals surface area contributed by atoms with Gasteiger partial charge >= 0.3 is 12.1 Å². The molecule has 2 aliphatic rings. The second kappa shape index (κ2) is 10.6. The van der Waals surface area contributed by atoms with Gasteiger partial charge in [-0.15, -0.1) is 0 Å². The molecule has 33 heavy (non-hydrogen) atoms. The molecule has 3 amide bonds. The molecule has 0 bridgehead atoms. The number of rotatable bonds is 8. The molecule has 11 heteroatoms. The maximum Gasteiger partial charge on any atom is 0.436 e. The highest BCUT2D eigenvalue weighted by Crippen LogP contribution is 2.29. The van der Waals surface area contributed by atoms with Crippen LogP contribution in [0.4, 0.5) is 4.79 Å². The normalized spacial score (nSPS) is 23.0. The first-order valence-corrected chi connectivity index (χ1v) is 10.8. The maximum atomic E-state index is 13.1. The Kier molecular flexibility index (Phi) is 7.88. The standard InChI is InChI=1S/C22H29N3O8/c1-14(2)8-9-23-11-18-24(16(20(23)29)10-19(27)28)21(30)17(12-26)33-25(18)22(31)32-13-15-6-4-3-5-7-15/h3-7,14,16-18,26H,8-13H2,1-2H3,(H,27,28)/t16-,17+,18?/m0/s1. The van der Waals surface area contributed by atoms with Gasteiger partial charge in [0.1, 0.15) is 12.6 Å². The number of carbonyl (C=O) groups excluding carboxylic acids is 3. The van der Waals surface area contributed by atoms with E-state index < -0.39 is 55.2 Å². The molecule has 1 aromatic rings. The third-order valence-electron chi connectivity index (χ3n) is 5.57. The number of hydrogen-bond acceptors (Lipinski definition) is 7. The molecular weight excluding hydrogens is 434 g/mol. The number of aliphatic hydroxyl groups is 1. The van der Waals surface area contributed by atoms with Crippen LogP contribution in [0.2, 0.25) is 0 Å². The summed E-state index contributed by atoms with van der Waals surface area (Å²) in [6.45, 7) is 3.44. The lowest BCUT2D eigenvalue weighted by Crippen LogP contribution is -2.74. The van der Waals surface area contributed by atoms with Crippen LogP contribution >= 0.6 is 0 Å². The second-order valence-electron chi connectivity index (χ2n) is 8.45. The molecule has 2 N–H and O–H groups in total. The lowest BCUT2D eigenvalue weighted by atomic mass is 10.0. The van der Waals surface area contributed by atoms with Crippen molar-refractivity contribution < 1.29 is 39.0 Å². The average Bonchev–Trinajstić information content (AvgIpc) is 2.78. The summed E-state index contributed by atoms with van der Waals surface area (Å²) in [4.78, 5) is 58.4. The van der Waals surface area contributed by atoms with Crippen molar-refractivity contribution in [3.63, 3.8) is 0 Å². The highest BCUT2D eigenvalue weighted by atomic mass is 16.7. The van der Waals surface area contributed by atoms with E-state index in [1.807, 2.05) is 19.9 Å². The van der Waals surface area contributed by atoms with Gasteiger partial charge in [0.15, 0.2) is 12.3 Å². The van der Waals surface area contributed by atoms with Crippen molar-refractivity contribution in [3.05, 3.63) is 35.9 Å². The maximum absolute atomic E-state index is 13.1.